The summed E-state index contributed by atoms with van der Waals surface area (Å²) in [4.78, 5) is 36.6. The van der Waals surface area contributed by atoms with Crippen molar-refractivity contribution in [2.24, 2.45) is 16.6 Å². The zero-order valence-corrected chi connectivity index (χ0v) is 7.90. The van der Waals surface area contributed by atoms with E-state index in [2.05, 4.69) is 4.99 Å². The van der Waals surface area contributed by atoms with Crippen LogP contribution in [-0.4, -0.2) is 23.3 Å². The molecule has 2 N–H and O–H groups in total. The third kappa shape index (κ3) is 1.76. The van der Waals surface area contributed by atoms with E-state index in [9.17, 15) is 14.4 Å². The second kappa shape index (κ2) is 3.53. The van der Waals surface area contributed by atoms with Crippen LogP contribution in [0.2, 0.25) is 0 Å². The first kappa shape index (κ1) is 10.3. The number of nitrogens with zero attached hydrogens (tertiary/aromatic N) is 1. The van der Waals surface area contributed by atoms with E-state index >= 15 is 0 Å². The molecule has 0 saturated heterocycles. The van der Waals surface area contributed by atoms with Gasteiger partial charge in [0.1, 0.15) is 5.92 Å². The Balaban J connectivity index is 3.13. The minimum absolute atomic E-state index is 0.231. The zero-order valence-electron chi connectivity index (χ0n) is 7.90. The molecule has 5 nitrogen and oxygen atoms in total. The standard InChI is InChI=1S/C9H10N2O3/c1-4-6(5(2)12)3-7(8(10)13)9(14)11-4/h3,7H,1-2H3,(H2,10,13). The molecule has 0 saturated carbocycles. The van der Waals surface area contributed by atoms with Crippen molar-refractivity contribution in [1.29, 1.82) is 0 Å². The normalized spacial score (nSPS) is 21.3. The lowest BCUT2D eigenvalue weighted by molar-refractivity contribution is -0.129. The van der Waals surface area contributed by atoms with Crippen molar-refractivity contribution in [1.82, 2.24) is 0 Å². The van der Waals surface area contributed by atoms with Crippen molar-refractivity contribution in [2.75, 3.05) is 0 Å². The molecule has 1 heterocycles. The first-order valence-electron chi connectivity index (χ1n) is 4.05. The van der Waals surface area contributed by atoms with Crippen molar-refractivity contribution >= 4 is 23.3 Å². The van der Waals surface area contributed by atoms with E-state index in [-0.39, 0.29) is 11.4 Å². The van der Waals surface area contributed by atoms with Gasteiger partial charge in [0, 0.05) is 5.57 Å². The lowest BCUT2D eigenvalue weighted by Gasteiger charge is -2.13. The van der Waals surface area contributed by atoms with Gasteiger partial charge in [-0.25, -0.2) is 4.99 Å². The van der Waals surface area contributed by atoms with Crippen LogP contribution in [0.1, 0.15) is 13.8 Å². The molecule has 0 aromatic rings. The van der Waals surface area contributed by atoms with Crippen LogP contribution in [0, 0.1) is 5.92 Å². The Labute approximate surface area is 80.7 Å². The van der Waals surface area contributed by atoms with E-state index in [4.69, 9.17) is 5.73 Å². The highest BCUT2D eigenvalue weighted by Crippen LogP contribution is 2.14. The number of aliphatic imine (C=N–C) groups is 1. The van der Waals surface area contributed by atoms with E-state index in [0.29, 0.717) is 5.71 Å². The summed E-state index contributed by atoms with van der Waals surface area (Å²) in [5.41, 5.74) is 5.60. The Morgan fingerprint density at radius 3 is 2.50 bits per heavy atom. The number of hydrogen-bond acceptors (Lipinski definition) is 3. The van der Waals surface area contributed by atoms with Gasteiger partial charge in [0.15, 0.2) is 5.78 Å². The third-order valence-corrected chi connectivity index (χ3v) is 1.95. The molecule has 1 aliphatic heterocycles. The summed E-state index contributed by atoms with van der Waals surface area (Å²) in [5.74, 6) is -2.73. The maximum atomic E-state index is 11.2. The quantitative estimate of drug-likeness (QED) is 0.606. The largest absolute Gasteiger partial charge is 0.369 e. The number of dihydropyridines is 1. The monoisotopic (exact) mass is 194 g/mol. The third-order valence-electron chi connectivity index (χ3n) is 1.95. The van der Waals surface area contributed by atoms with Gasteiger partial charge >= 0.3 is 0 Å². The molecule has 0 aliphatic carbocycles. The molecule has 2 amide bonds. The van der Waals surface area contributed by atoms with E-state index in [0.717, 1.165) is 0 Å². The second-order valence-electron chi connectivity index (χ2n) is 3.05. The van der Waals surface area contributed by atoms with Gasteiger partial charge in [0.2, 0.25) is 5.91 Å². The molecular weight excluding hydrogens is 184 g/mol. The van der Waals surface area contributed by atoms with Gasteiger partial charge in [-0.2, -0.15) is 0 Å². The second-order valence-corrected chi connectivity index (χ2v) is 3.05. The van der Waals surface area contributed by atoms with Gasteiger partial charge in [-0.15, -0.1) is 0 Å². The van der Waals surface area contributed by atoms with E-state index in [1.165, 1.54) is 13.0 Å². The van der Waals surface area contributed by atoms with Crippen molar-refractivity contribution in [3.8, 4) is 0 Å². The highest BCUT2D eigenvalue weighted by molar-refractivity contribution is 6.26. The molecular formula is C9H10N2O3. The highest BCUT2D eigenvalue weighted by atomic mass is 16.2. The van der Waals surface area contributed by atoms with Crippen LogP contribution in [0.4, 0.5) is 0 Å². The van der Waals surface area contributed by atoms with E-state index < -0.39 is 17.7 Å². The number of allylic oxidation sites excluding steroid dienone is 1. The molecule has 0 bridgehead atoms. The Hall–Kier alpha value is -1.78. The van der Waals surface area contributed by atoms with E-state index in [1.54, 1.807) is 6.92 Å². The van der Waals surface area contributed by atoms with Crippen LogP contribution in [0.3, 0.4) is 0 Å². The number of ketones is 1. The summed E-state index contributed by atoms with van der Waals surface area (Å²) < 4.78 is 0. The van der Waals surface area contributed by atoms with Crippen molar-refractivity contribution in [2.45, 2.75) is 13.8 Å². The van der Waals surface area contributed by atoms with Gasteiger partial charge in [0.25, 0.3) is 5.91 Å². The summed E-state index contributed by atoms with van der Waals surface area (Å²) in [7, 11) is 0. The minimum Gasteiger partial charge on any atom is -0.369 e. The van der Waals surface area contributed by atoms with Crippen LogP contribution < -0.4 is 5.73 Å². The van der Waals surface area contributed by atoms with Gasteiger partial charge < -0.3 is 5.73 Å². The molecule has 1 aliphatic rings. The Morgan fingerprint density at radius 2 is 2.07 bits per heavy atom. The summed E-state index contributed by atoms with van der Waals surface area (Å²) in [6.45, 7) is 2.89. The molecule has 5 heteroatoms. The van der Waals surface area contributed by atoms with Crippen LogP contribution >= 0.6 is 0 Å². The van der Waals surface area contributed by atoms with Gasteiger partial charge in [-0.1, -0.05) is 6.08 Å². The maximum Gasteiger partial charge on any atom is 0.262 e. The fourth-order valence-electron chi connectivity index (χ4n) is 1.23. The minimum atomic E-state index is -1.10. The van der Waals surface area contributed by atoms with Gasteiger partial charge in [-0.3, -0.25) is 14.4 Å². The zero-order chi connectivity index (χ0) is 10.9. The fraction of sp³-hybridized carbons (Fsp3) is 0.333. The van der Waals surface area contributed by atoms with Crippen molar-refractivity contribution in [3.05, 3.63) is 11.6 Å². The molecule has 1 unspecified atom stereocenters. The maximum absolute atomic E-state index is 11.2. The number of nitrogens with two attached hydrogens (primary N) is 1. The number of rotatable bonds is 2. The summed E-state index contributed by atoms with van der Waals surface area (Å²) in [5, 5.41) is 0. The SMILES string of the molecule is CC(=O)C1=CC(C(N)=O)C(=O)N=C1C. The molecule has 0 aromatic carbocycles. The molecule has 0 spiro atoms. The first-order valence-corrected chi connectivity index (χ1v) is 4.05. The molecule has 0 aromatic heterocycles. The Morgan fingerprint density at radius 1 is 1.50 bits per heavy atom. The molecule has 14 heavy (non-hydrogen) atoms. The molecule has 0 radical (unpaired) electrons. The molecule has 74 valence electrons. The molecule has 0 fully saturated rings. The number of carbonyl (C=O) groups excluding carboxylic acids is 3. The number of amides is 2. The number of Topliss-reactive ketones (excluding diaryl/α,β-unsaturated/α-hetero) is 1. The lowest BCUT2D eigenvalue weighted by atomic mass is 9.96. The fourth-order valence-corrected chi connectivity index (χ4v) is 1.23. The summed E-state index contributed by atoms with van der Waals surface area (Å²) >= 11 is 0. The summed E-state index contributed by atoms with van der Waals surface area (Å²) in [6, 6.07) is 0. The van der Waals surface area contributed by atoms with E-state index in [1.807, 2.05) is 0 Å². The Kier molecular flexibility index (Phi) is 2.60. The van der Waals surface area contributed by atoms with Gasteiger partial charge in [-0.05, 0) is 13.8 Å². The molecule has 1 atom stereocenters. The topological polar surface area (TPSA) is 89.6 Å². The molecule has 1 rings (SSSR count). The average Bonchev–Trinajstić information content (AvgIpc) is 2.02. The smallest absolute Gasteiger partial charge is 0.262 e. The van der Waals surface area contributed by atoms with Crippen LogP contribution in [-0.2, 0) is 14.4 Å². The van der Waals surface area contributed by atoms with Crippen LogP contribution in [0.5, 0.6) is 0 Å². The number of hydrogen-bond donors (Lipinski definition) is 1. The Bertz CT molecular complexity index is 380. The van der Waals surface area contributed by atoms with Crippen molar-refractivity contribution in [3.63, 3.8) is 0 Å². The number of primary amides is 1. The predicted molar refractivity (Wildman–Crippen MR) is 49.6 cm³/mol. The summed E-state index contributed by atoms with van der Waals surface area (Å²) in [6.07, 6.45) is 1.27. The van der Waals surface area contributed by atoms with Gasteiger partial charge in [0.05, 0.1) is 5.71 Å². The number of carbonyl (C=O) groups is 3. The van der Waals surface area contributed by atoms with Crippen LogP contribution in [0.15, 0.2) is 16.6 Å². The predicted octanol–water partition coefficient (Wildman–Crippen LogP) is -0.396. The first-order chi connectivity index (χ1) is 6.43. The highest BCUT2D eigenvalue weighted by Gasteiger charge is 2.28. The average molecular weight is 194 g/mol. The lowest BCUT2D eigenvalue weighted by Crippen LogP contribution is -2.32. The van der Waals surface area contributed by atoms with Crippen molar-refractivity contribution < 1.29 is 14.4 Å². The van der Waals surface area contributed by atoms with Crippen LogP contribution in [0.25, 0.3) is 0 Å².